The van der Waals surface area contributed by atoms with Gasteiger partial charge in [-0.25, -0.2) is 0 Å². The van der Waals surface area contributed by atoms with E-state index < -0.39 is 5.97 Å². The lowest BCUT2D eigenvalue weighted by atomic mass is 10.0. The van der Waals surface area contributed by atoms with Gasteiger partial charge in [0.15, 0.2) is 0 Å². The number of esters is 1. The molecule has 1 amide bonds. The summed E-state index contributed by atoms with van der Waals surface area (Å²) in [5.74, 6) is -1.30. The molecule has 242 valence electrons. The molecule has 1 unspecified atom stereocenters. The summed E-state index contributed by atoms with van der Waals surface area (Å²) in [6.07, 6.45) is 37.1. The molecule has 0 radical (unpaired) electrons. The highest BCUT2D eigenvalue weighted by Gasteiger charge is 2.11. The Hall–Kier alpha value is -2.37. The molecule has 0 aliphatic carbocycles. The molecule has 0 aromatic rings. The predicted octanol–water partition coefficient (Wildman–Crippen LogP) is 9.78. The van der Waals surface area contributed by atoms with Crippen molar-refractivity contribution < 1.29 is 24.2 Å². The van der Waals surface area contributed by atoms with Gasteiger partial charge in [-0.05, 0) is 51.0 Å². The first-order chi connectivity index (χ1) is 20.5. The van der Waals surface area contributed by atoms with Crippen LogP contribution < -0.4 is 5.32 Å². The van der Waals surface area contributed by atoms with Gasteiger partial charge in [0.2, 0.25) is 5.91 Å². The van der Waals surface area contributed by atoms with E-state index in [1.165, 1.54) is 57.8 Å². The lowest BCUT2D eigenvalue weighted by Crippen LogP contribution is -2.28. The highest BCUT2D eigenvalue weighted by Crippen LogP contribution is 2.15. The van der Waals surface area contributed by atoms with Crippen molar-refractivity contribution >= 4 is 17.8 Å². The average molecular weight is 590 g/mol. The number of aliphatic carboxylic acids is 1. The van der Waals surface area contributed by atoms with Crippen LogP contribution in [0.5, 0.6) is 0 Å². The van der Waals surface area contributed by atoms with Gasteiger partial charge < -0.3 is 15.2 Å². The molecule has 0 aliphatic heterocycles. The molecule has 0 saturated carbocycles. The number of hydrogen-bond acceptors (Lipinski definition) is 4. The molecule has 0 aromatic carbocycles. The smallest absolute Gasteiger partial charge is 0.322 e. The van der Waals surface area contributed by atoms with Crippen LogP contribution in [-0.4, -0.2) is 35.6 Å². The van der Waals surface area contributed by atoms with E-state index in [0.29, 0.717) is 12.8 Å². The summed E-state index contributed by atoms with van der Waals surface area (Å²) in [4.78, 5) is 34.6. The van der Waals surface area contributed by atoms with Crippen molar-refractivity contribution in [3.05, 3.63) is 36.5 Å². The maximum atomic E-state index is 12.6. The number of amides is 1. The monoisotopic (exact) mass is 589 g/mol. The lowest BCUT2D eigenvalue weighted by molar-refractivity contribution is -0.147. The summed E-state index contributed by atoms with van der Waals surface area (Å²) in [7, 11) is 0. The Morgan fingerprint density at radius 2 is 1.14 bits per heavy atom. The quantitative estimate of drug-likeness (QED) is 0.0494. The maximum absolute atomic E-state index is 12.6. The van der Waals surface area contributed by atoms with Crippen LogP contribution >= 0.6 is 0 Å². The number of carboxylic acids is 1. The van der Waals surface area contributed by atoms with Crippen LogP contribution in [0.25, 0.3) is 0 Å². The number of carboxylic acid groups (broad SMARTS) is 1. The second kappa shape index (κ2) is 31.6. The molecule has 42 heavy (non-hydrogen) atoms. The number of nitrogens with one attached hydrogen (secondary N) is 1. The van der Waals surface area contributed by atoms with Gasteiger partial charge in [-0.2, -0.15) is 0 Å². The molecule has 0 aliphatic rings. The number of carbonyl (C=O) groups is 3. The second-order valence-electron chi connectivity index (χ2n) is 11.4. The highest BCUT2D eigenvalue weighted by molar-refractivity contribution is 5.80. The van der Waals surface area contributed by atoms with Gasteiger partial charge in [0.05, 0.1) is 0 Å². The van der Waals surface area contributed by atoms with Crippen LogP contribution in [0, 0.1) is 0 Å². The normalized spacial score (nSPS) is 12.4. The van der Waals surface area contributed by atoms with Crippen LogP contribution in [-0.2, 0) is 19.1 Å². The minimum atomic E-state index is -1.02. The Balaban J connectivity index is 4.23. The second-order valence-corrected chi connectivity index (χ2v) is 11.4. The zero-order valence-electron chi connectivity index (χ0n) is 27.1. The fourth-order valence-electron chi connectivity index (χ4n) is 4.80. The van der Waals surface area contributed by atoms with Crippen LogP contribution in [0.1, 0.15) is 162 Å². The predicted molar refractivity (Wildman–Crippen MR) is 175 cm³/mol. The third-order valence-electron chi connectivity index (χ3n) is 7.31. The van der Waals surface area contributed by atoms with Crippen LogP contribution in [0.15, 0.2) is 36.5 Å². The third kappa shape index (κ3) is 30.6. The summed E-state index contributed by atoms with van der Waals surface area (Å²) in [5.41, 5.74) is 0. The summed E-state index contributed by atoms with van der Waals surface area (Å²) in [6, 6.07) is 0. The van der Waals surface area contributed by atoms with Crippen molar-refractivity contribution in [3.63, 3.8) is 0 Å². The van der Waals surface area contributed by atoms with Gasteiger partial charge >= 0.3 is 11.9 Å². The standard InChI is InChI=1S/C36H63NO5/c1-3-5-7-9-11-13-14-15-17-23-27-31-36(41)42-33(28-24-20-16-12-10-8-6-4-2)29-25-21-18-19-22-26-30-34(38)37-32-35(39)40/h6,8,12,16,24,28,33H,3-5,7,9-11,13-15,17-23,25-27,29-32H2,1-2H3,(H,37,38)(H,39,40)/b8-6-,16-12-,28-24-. The Morgan fingerprint density at radius 1 is 0.643 bits per heavy atom. The highest BCUT2D eigenvalue weighted by atomic mass is 16.5. The molecule has 0 rings (SSSR count). The number of carbonyl (C=O) groups excluding carboxylic acids is 2. The molecule has 0 saturated heterocycles. The van der Waals surface area contributed by atoms with Crippen molar-refractivity contribution in [2.24, 2.45) is 0 Å². The molecule has 6 heteroatoms. The number of rotatable bonds is 30. The largest absolute Gasteiger partial charge is 0.480 e. The molecule has 6 nitrogen and oxygen atoms in total. The van der Waals surface area contributed by atoms with E-state index in [-0.39, 0.29) is 24.5 Å². The number of unbranched alkanes of at least 4 members (excludes halogenated alkanes) is 15. The number of ether oxygens (including phenoxy) is 1. The van der Waals surface area contributed by atoms with Gasteiger partial charge in [-0.15, -0.1) is 0 Å². The SMILES string of the molecule is CC/C=C\C/C=C\C/C=C\C(CCCCCCCCC(=O)NCC(=O)O)OC(=O)CCCCCCCCCCCCC. The fourth-order valence-corrected chi connectivity index (χ4v) is 4.80. The molecule has 0 aromatic heterocycles. The topological polar surface area (TPSA) is 92.7 Å². The van der Waals surface area contributed by atoms with Crippen LogP contribution in [0.3, 0.4) is 0 Å². The maximum Gasteiger partial charge on any atom is 0.322 e. The molecule has 0 fully saturated rings. The number of hydrogen-bond donors (Lipinski definition) is 2. The van der Waals surface area contributed by atoms with Crippen molar-refractivity contribution in [3.8, 4) is 0 Å². The zero-order valence-corrected chi connectivity index (χ0v) is 27.1. The summed E-state index contributed by atoms with van der Waals surface area (Å²) in [6.45, 7) is 4.08. The van der Waals surface area contributed by atoms with Crippen LogP contribution in [0.2, 0.25) is 0 Å². The average Bonchev–Trinajstić information content (AvgIpc) is 2.97. The zero-order chi connectivity index (χ0) is 30.9. The minimum Gasteiger partial charge on any atom is -0.480 e. The molecular formula is C36H63NO5. The first-order valence-corrected chi connectivity index (χ1v) is 17.1. The van der Waals surface area contributed by atoms with Gasteiger partial charge in [0.1, 0.15) is 12.6 Å². The molecular weight excluding hydrogens is 526 g/mol. The Bertz CT molecular complexity index is 743. The van der Waals surface area contributed by atoms with Crippen LogP contribution in [0.4, 0.5) is 0 Å². The van der Waals surface area contributed by atoms with Crippen molar-refractivity contribution in [1.82, 2.24) is 5.32 Å². The summed E-state index contributed by atoms with van der Waals surface area (Å²) in [5, 5.41) is 11.0. The Kier molecular flexibility index (Phi) is 29.8. The minimum absolute atomic E-state index is 0.0815. The molecule has 2 N–H and O–H groups in total. The fraction of sp³-hybridized carbons (Fsp3) is 0.750. The molecule has 0 heterocycles. The van der Waals surface area contributed by atoms with E-state index in [2.05, 4.69) is 55.6 Å². The van der Waals surface area contributed by atoms with E-state index in [1.54, 1.807) is 0 Å². The first kappa shape index (κ1) is 39.6. The molecule has 0 bridgehead atoms. The van der Waals surface area contributed by atoms with Gasteiger partial charge in [0.25, 0.3) is 0 Å². The van der Waals surface area contributed by atoms with E-state index in [9.17, 15) is 14.4 Å². The first-order valence-electron chi connectivity index (χ1n) is 17.1. The Morgan fingerprint density at radius 3 is 1.71 bits per heavy atom. The van der Waals surface area contributed by atoms with Gasteiger partial charge in [0, 0.05) is 12.8 Å². The van der Waals surface area contributed by atoms with E-state index in [1.807, 2.05) is 0 Å². The lowest BCUT2D eigenvalue weighted by Gasteiger charge is -2.14. The van der Waals surface area contributed by atoms with Crippen molar-refractivity contribution in [2.45, 2.75) is 168 Å². The third-order valence-corrected chi connectivity index (χ3v) is 7.31. The van der Waals surface area contributed by atoms with E-state index >= 15 is 0 Å². The Labute approximate surface area is 257 Å². The summed E-state index contributed by atoms with van der Waals surface area (Å²) >= 11 is 0. The van der Waals surface area contributed by atoms with Crippen molar-refractivity contribution in [1.29, 1.82) is 0 Å². The van der Waals surface area contributed by atoms with E-state index in [0.717, 1.165) is 77.0 Å². The number of allylic oxidation sites excluding steroid dienone is 5. The van der Waals surface area contributed by atoms with E-state index in [4.69, 9.17) is 9.84 Å². The summed E-state index contributed by atoms with van der Waals surface area (Å²) < 4.78 is 5.87. The van der Waals surface area contributed by atoms with Crippen molar-refractivity contribution in [2.75, 3.05) is 6.54 Å². The van der Waals surface area contributed by atoms with Gasteiger partial charge in [-0.3, -0.25) is 14.4 Å². The molecule has 1 atom stereocenters. The molecule has 0 spiro atoms. The van der Waals surface area contributed by atoms with Gasteiger partial charge in [-0.1, -0.05) is 134 Å².